The Kier molecular flexibility index (Phi) is 2.50. The van der Waals surface area contributed by atoms with Crippen molar-refractivity contribution in [1.29, 1.82) is 0 Å². The molecule has 0 atom stereocenters. The first-order valence-electron chi connectivity index (χ1n) is 3.81. The molecule has 1 N–H and O–H groups in total. The summed E-state index contributed by atoms with van der Waals surface area (Å²) in [5.74, 6) is 0. The van der Waals surface area contributed by atoms with Crippen molar-refractivity contribution >= 4 is 16.5 Å². The van der Waals surface area contributed by atoms with Crippen LogP contribution in [-0.4, -0.2) is 41.5 Å². The van der Waals surface area contributed by atoms with Crippen LogP contribution < -0.4 is 5.43 Å². The van der Waals surface area contributed by atoms with E-state index in [-0.39, 0.29) is 0 Å². The van der Waals surface area contributed by atoms with Crippen LogP contribution in [0.3, 0.4) is 0 Å². The number of anilines is 1. The summed E-state index contributed by atoms with van der Waals surface area (Å²) in [6, 6.07) is 0. The molecule has 5 nitrogen and oxygen atoms in total. The molecule has 1 aliphatic heterocycles. The van der Waals surface area contributed by atoms with Crippen molar-refractivity contribution in [3.8, 4) is 0 Å². The normalized spacial score (nSPS) is 19.3. The van der Waals surface area contributed by atoms with Crippen LogP contribution in [0.15, 0.2) is 5.51 Å². The molecule has 0 spiro atoms. The third kappa shape index (κ3) is 1.90. The van der Waals surface area contributed by atoms with Gasteiger partial charge in [0.15, 0.2) is 0 Å². The highest BCUT2D eigenvalue weighted by atomic mass is 32.1. The zero-order valence-electron chi connectivity index (χ0n) is 6.56. The van der Waals surface area contributed by atoms with Gasteiger partial charge in [0, 0.05) is 13.1 Å². The Morgan fingerprint density at radius 3 is 3.00 bits per heavy atom. The van der Waals surface area contributed by atoms with E-state index in [1.807, 2.05) is 0 Å². The average Bonchev–Trinajstić information content (AvgIpc) is 2.59. The van der Waals surface area contributed by atoms with Crippen LogP contribution in [0.4, 0.5) is 5.13 Å². The van der Waals surface area contributed by atoms with E-state index in [9.17, 15) is 0 Å². The molecule has 0 saturated carbocycles. The van der Waals surface area contributed by atoms with Gasteiger partial charge < -0.3 is 4.74 Å². The van der Waals surface area contributed by atoms with Gasteiger partial charge in [0.1, 0.15) is 5.51 Å². The maximum absolute atomic E-state index is 5.20. The maximum Gasteiger partial charge on any atom is 0.219 e. The van der Waals surface area contributed by atoms with Gasteiger partial charge in [-0.1, -0.05) is 11.3 Å². The van der Waals surface area contributed by atoms with Gasteiger partial charge in [-0.15, -0.1) is 10.2 Å². The van der Waals surface area contributed by atoms with Crippen molar-refractivity contribution in [1.82, 2.24) is 15.2 Å². The number of morpholine rings is 1. The van der Waals surface area contributed by atoms with Gasteiger partial charge in [-0.2, -0.15) is 0 Å². The number of hydrogen-bond acceptors (Lipinski definition) is 6. The van der Waals surface area contributed by atoms with Crippen LogP contribution in [0.1, 0.15) is 0 Å². The molecule has 6 heteroatoms. The molecule has 1 aromatic rings. The molecule has 0 aliphatic carbocycles. The molecule has 1 aliphatic rings. The van der Waals surface area contributed by atoms with E-state index in [0.717, 1.165) is 31.4 Å². The summed E-state index contributed by atoms with van der Waals surface area (Å²) in [4.78, 5) is 0. The largest absolute Gasteiger partial charge is 0.379 e. The van der Waals surface area contributed by atoms with E-state index >= 15 is 0 Å². The van der Waals surface area contributed by atoms with Crippen LogP contribution in [0.5, 0.6) is 0 Å². The fraction of sp³-hybridized carbons (Fsp3) is 0.667. The van der Waals surface area contributed by atoms with E-state index in [2.05, 4.69) is 20.6 Å². The molecule has 0 bridgehead atoms. The first kappa shape index (κ1) is 7.90. The lowest BCUT2D eigenvalue weighted by Gasteiger charge is -2.26. The molecule has 1 aromatic heterocycles. The summed E-state index contributed by atoms with van der Waals surface area (Å²) >= 11 is 1.50. The topological polar surface area (TPSA) is 50.3 Å². The van der Waals surface area contributed by atoms with Crippen molar-refractivity contribution < 1.29 is 4.74 Å². The molecular weight excluding hydrogens is 176 g/mol. The fourth-order valence-electron chi connectivity index (χ4n) is 1.03. The third-order valence-corrected chi connectivity index (χ3v) is 2.22. The van der Waals surface area contributed by atoms with E-state index in [1.54, 1.807) is 5.51 Å². The summed E-state index contributed by atoms with van der Waals surface area (Å²) in [7, 11) is 0. The van der Waals surface area contributed by atoms with E-state index in [4.69, 9.17) is 4.74 Å². The molecule has 0 amide bonds. The second-order valence-corrected chi connectivity index (χ2v) is 3.29. The number of nitrogens with zero attached hydrogens (tertiary/aromatic N) is 3. The lowest BCUT2D eigenvalue weighted by Crippen LogP contribution is -2.40. The second kappa shape index (κ2) is 3.79. The summed E-state index contributed by atoms with van der Waals surface area (Å²) in [5.41, 5.74) is 4.87. The maximum atomic E-state index is 5.20. The highest BCUT2D eigenvalue weighted by molar-refractivity contribution is 7.13. The molecule has 66 valence electrons. The summed E-state index contributed by atoms with van der Waals surface area (Å²) in [6.07, 6.45) is 0. The molecule has 2 rings (SSSR count). The van der Waals surface area contributed by atoms with Crippen molar-refractivity contribution in [2.24, 2.45) is 0 Å². The SMILES string of the molecule is c1nnc(NN2CCOCC2)s1. The molecule has 0 aromatic carbocycles. The van der Waals surface area contributed by atoms with Crippen LogP contribution in [0, 0.1) is 0 Å². The zero-order chi connectivity index (χ0) is 8.23. The molecule has 2 heterocycles. The van der Waals surface area contributed by atoms with Gasteiger partial charge in [-0.3, -0.25) is 5.43 Å². The van der Waals surface area contributed by atoms with Crippen LogP contribution >= 0.6 is 11.3 Å². The number of hydrogen-bond donors (Lipinski definition) is 1. The van der Waals surface area contributed by atoms with Gasteiger partial charge in [0.05, 0.1) is 13.2 Å². The standard InChI is InChI=1S/C6H10N4OS/c1-3-11-4-2-10(1)9-6-8-7-5-12-6/h5H,1-4H2,(H,8,9). The van der Waals surface area contributed by atoms with Gasteiger partial charge in [0.2, 0.25) is 5.13 Å². The number of rotatable bonds is 2. The number of hydrazine groups is 1. The van der Waals surface area contributed by atoms with Crippen molar-refractivity contribution in [2.75, 3.05) is 31.7 Å². The highest BCUT2D eigenvalue weighted by Gasteiger charge is 2.10. The van der Waals surface area contributed by atoms with Gasteiger partial charge >= 0.3 is 0 Å². The molecule has 12 heavy (non-hydrogen) atoms. The Bertz CT molecular complexity index is 221. The molecule has 0 radical (unpaired) electrons. The quantitative estimate of drug-likeness (QED) is 0.715. The van der Waals surface area contributed by atoms with Gasteiger partial charge in [0.25, 0.3) is 0 Å². The summed E-state index contributed by atoms with van der Waals surface area (Å²) in [6.45, 7) is 3.37. The van der Waals surface area contributed by atoms with Crippen molar-refractivity contribution in [3.63, 3.8) is 0 Å². The Morgan fingerprint density at radius 1 is 1.50 bits per heavy atom. The third-order valence-electron chi connectivity index (χ3n) is 1.62. The Labute approximate surface area is 74.3 Å². The minimum absolute atomic E-state index is 0.784. The lowest BCUT2D eigenvalue weighted by molar-refractivity contribution is 0.0496. The summed E-state index contributed by atoms with van der Waals surface area (Å²) in [5, 5.41) is 10.6. The van der Waals surface area contributed by atoms with Gasteiger partial charge in [-0.05, 0) is 0 Å². The fourth-order valence-corrected chi connectivity index (χ4v) is 1.50. The number of nitrogens with one attached hydrogen (secondary N) is 1. The first-order chi connectivity index (χ1) is 5.95. The Morgan fingerprint density at radius 2 is 2.33 bits per heavy atom. The lowest BCUT2D eigenvalue weighted by atomic mass is 10.5. The smallest absolute Gasteiger partial charge is 0.219 e. The van der Waals surface area contributed by atoms with E-state index in [0.29, 0.717) is 0 Å². The average molecular weight is 186 g/mol. The van der Waals surface area contributed by atoms with Crippen LogP contribution in [0.25, 0.3) is 0 Å². The Hall–Kier alpha value is -0.720. The second-order valence-electron chi connectivity index (χ2n) is 2.46. The number of aromatic nitrogens is 2. The van der Waals surface area contributed by atoms with Crippen LogP contribution in [-0.2, 0) is 4.74 Å². The van der Waals surface area contributed by atoms with E-state index < -0.39 is 0 Å². The van der Waals surface area contributed by atoms with Gasteiger partial charge in [-0.25, -0.2) is 5.01 Å². The summed E-state index contributed by atoms with van der Waals surface area (Å²) < 4.78 is 5.20. The highest BCUT2D eigenvalue weighted by Crippen LogP contribution is 2.09. The molecule has 1 fully saturated rings. The van der Waals surface area contributed by atoms with E-state index in [1.165, 1.54) is 11.3 Å². The molecule has 1 saturated heterocycles. The van der Waals surface area contributed by atoms with Crippen molar-refractivity contribution in [3.05, 3.63) is 5.51 Å². The molecule has 0 unspecified atom stereocenters. The first-order valence-corrected chi connectivity index (χ1v) is 4.68. The zero-order valence-corrected chi connectivity index (χ0v) is 7.38. The van der Waals surface area contributed by atoms with Crippen molar-refractivity contribution in [2.45, 2.75) is 0 Å². The molecular formula is C6H10N4OS. The van der Waals surface area contributed by atoms with Crippen LogP contribution in [0.2, 0.25) is 0 Å². The predicted octanol–water partition coefficient (Wildman–Crippen LogP) is 0.197. The predicted molar refractivity (Wildman–Crippen MR) is 45.9 cm³/mol. The minimum atomic E-state index is 0.784. The Balaban J connectivity index is 1.86. The minimum Gasteiger partial charge on any atom is -0.379 e. The monoisotopic (exact) mass is 186 g/mol. The number of ether oxygens (including phenoxy) is 1.